The number of primary amides is 1. The van der Waals surface area contributed by atoms with Crippen molar-refractivity contribution in [3.63, 3.8) is 0 Å². The van der Waals surface area contributed by atoms with E-state index in [1.54, 1.807) is 13.8 Å². The first-order valence-corrected chi connectivity index (χ1v) is 6.07. The van der Waals surface area contributed by atoms with E-state index in [2.05, 4.69) is 15.3 Å². The average molecular weight is 296 g/mol. The fourth-order valence-corrected chi connectivity index (χ4v) is 1.82. The summed E-state index contributed by atoms with van der Waals surface area (Å²) < 4.78 is 0. The highest BCUT2D eigenvalue weighted by Crippen LogP contribution is 2.07. The molecule has 1 atom stereocenters. The van der Waals surface area contributed by atoms with Crippen LogP contribution in [0.4, 0.5) is 0 Å². The first-order valence-electron chi connectivity index (χ1n) is 6.07. The maximum Gasteiger partial charge on any atom is 0.345 e. The minimum absolute atomic E-state index is 0.163. The highest BCUT2D eigenvalue weighted by molar-refractivity contribution is 5.88. The molecule has 1 aromatic rings. The second-order valence-electron chi connectivity index (χ2n) is 4.54. The topological polar surface area (TPSA) is 155 Å². The van der Waals surface area contributed by atoms with E-state index in [9.17, 15) is 19.2 Å². The Balaban J connectivity index is 2.84. The van der Waals surface area contributed by atoms with Crippen LogP contribution in [0.3, 0.4) is 0 Å². The summed E-state index contributed by atoms with van der Waals surface area (Å²) >= 11 is 0. The molecule has 5 N–H and O–H groups in total. The molecule has 9 heteroatoms. The highest BCUT2D eigenvalue weighted by Gasteiger charge is 2.22. The normalized spacial score (nSPS) is 11.7. The van der Waals surface area contributed by atoms with Gasteiger partial charge in [-0.3, -0.25) is 9.59 Å². The smallest absolute Gasteiger partial charge is 0.345 e. The van der Waals surface area contributed by atoms with Gasteiger partial charge in [0.15, 0.2) is 0 Å². The molecule has 1 heterocycles. The zero-order valence-electron chi connectivity index (χ0n) is 11.6. The second-order valence-corrected chi connectivity index (χ2v) is 4.54. The SMILES string of the molecule is Cc1nc(=O)[nH]c(C)c1CC(=O)N[C@@H](CC(N)=O)C(=O)O. The van der Waals surface area contributed by atoms with E-state index < -0.39 is 35.9 Å². The molecule has 0 bridgehead atoms. The van der Waals surface area contributed by atoms with Gasteiger partial charge in [-0.05, 0) is 13.8 Å². The van der Waals surface area contributed by atoms with E-state index in [1.807, 2.05) is 0 Å². The lowest BCUT2D eigenvalue weighted by Gasteiger charge is -2.14. The first kappa shape index (κ1) is 16.3. The number of aliphatic carboxylic acids is 1. The molecule has 114 valence electrons. The molecule has 0 aliphatic rings. The summed E-state index contributed by atoms with van der Waals surface area (Å²) in [5.41, 5.74) is 5.75. The number of rotatable bonds is 6. The fraction of sp³-hybridized carbons (Fsp3) is 0.417. The number of hydrogen-bond donors (Lipinski definition) is 4. The average Bonchev–Trinajstić information content (AvgIpc) is 2.32. The van der Waals surface area contributed by atoms with Crippen molar-refractivity contribution in [2.45, 2.75) is 32.7 Å². The van der Waals surface area contributed by atoms with Crippen LogP contribution in [0.25, 0.3) is 0 Å². The van der Waals surface area contributed by atoms with E-state index >= 15 is 0 Å². The number of aromatic amines is 1. The number of aryl methyl sites for hydroxylation is 2. The van der Waals surface area contributed by atoms with Gasteiger partial charge in [-0.2, -0.15) is 4.98 Å². The lowest BCUT2D eigenvalue weighted by atomic mass is 10.1. The van der Waals surface area contributed by atoms with Crippen molar-refractivity contribution < 1.29 is 19.5 Å². The Hall–Kier alpha value is -2.71. The maximum absolute atomic E-state index is 11.9. The maximum atomic E-state index is 11.9. The molecule has 0 fully saturated rings. The molecule has 1 aromatic heterocycles. The molecular weight excluding hydrogens is 280 g/mol. The summed E-state index contributed by atoms with van der Waals surface area (Å²) in [7, 11) is 0. The van der Waals surface area contributed by atoms with E-state index in [0.717, 1.165) is 0 Å². The van der Waals surface area contributed by atoms with Crippen LogP contribution in [0.15, 0.2) is 4.79 Å². The third kappa shape index (κ3) is 4.71. The third-order valence-corrected chi connectivity index (χ3v) is 2.83. The minimum Gasteiger partial charge on any atom is -0.480 e. The number of nitrogens with zero attached hydrogens (tertiary/aromatic N) is 1. The molecule has 0 saturated carbocycles. The number of aromatic nitrogens is 2. The van der Waals surface area contributed by atoms with Gasteiger partial charge in [0.05, 0.1) is 12.8 Å². The van der Waals surface area contributed by atoms with Crippen LogP contribution in [-0.4, -0.2) is 38.9 Å². The summed E-state index contributed by atoms with van der Waals surface area (Å²) in [5, 5.41) is 11.1. The quantitative estimate of drug-likeness (QED) is 0.494. The summed E-state index contributed by atoms with van der Waals surface area (Å²) in [6.07, 6.45) is -0.660. The number of carboxylic acid groups (broad SMARTS) is 1. The van der Waals surface area contributed by atoms with Crippen LogP contribution >= 0.6 is 0 Å². The summed E-state index contributed by atoms with van der Waals surface area (Å²) in [4.78, 5) is 50.8. The van der Waals surface area contributed by atoms with Crippen molar-refractivity contribution >= 4 is 17.8 Å². The van der Waals surface area contributed by atoms with Crippen LogP contribution in [0.2, 0.25) is 0 Å². The number of nitrogens with two attached hydrogens (primary N) is 1. The Kier molecular flexibility index (Phi) is 5.17. The zero-order chi connectivity index (χ0) is 16.2. The van der Waals surface area contributed by atoms with Crippen molar-refractivity contribution in [3.8, 4) is 0 Å². The van der Waals surface area contributed by atoms with Gasteiger partial charge < -0.3 is 21.1 Å². The number of carbonyl (C=O) groups is 3. The van der Waals surface area contributed by atoms with Crippen molar-refractivity contribution in [1.82, 2.24) is 15.3 Å². The lowest BCUT2D eigenvalue weighted by Crippen LogP contribution is -2.44. The molecule has 0 aliphatic carbocycles. The predicted octanol–water partition coefficient (Wildman–Crippen LogP) is -1.63. The summed E-state index contributed by atoms with van der Waals surface area (Å²) in [5.74, 6) is -2.79. The molecule has 0 aromatic carbocycles. The van der Waals surface area contributed by atoms with E-state index in [-0.39, 0.29) is 6.42 Å². The standard InChI is InChI=1S/C12H16N4O5/c1-5-7(6(2)15-12(21)14-5)3-10(18)16-8(11(19)20)4-9(13)17/h8H,3-4H2,1-2H3,(H2,13,17)(H,16,18)(H,19,20)(H,14,15,21)/t8-/m0/s1. The van der Waals surface area contributed by atoms with Gasteiger partial charge in [0.1, 0.15) is 6.04 Å². The third-order valence-electron chi connectivity index (χ3n) is 2.83. The van der Waals surface area contributed by atoms with Crippen molar-refractivity contribution in [3.05, 3.63) is 27.4 Å². The van der Waals surface area contributed by atoms with Crippen molar-refractivity contribution in [2.24, 2.45) is 5.73 Å². The Labute approximate surface area is 119 Å². The Morgan fingerprint density at radius 3 is 2.48 bits per heavy atom. The fourth-order valence-electron chi connectivity index (χ4n) is 1.82. The number of carboxylic acids is 1. The largest absolute Gasteiger partial charge is 0.480 e. The van der Waals surface area contributed by atoms with Gasteiger partial charge in [0, 0.05) is 17.0 Å². The van der Waals surface area contributed by atoms with Gasteiger partial charge in [-0.1, -0.05) is 0 Å². The summed E-state index contributed by atoms with van der Waals surface area (Å²) in [6.45, 7) is 3.18. The molecule has 9 nitrogen and oxygen atoms in total. The number of carbonyl (C=O) groups excluding carboxylic acids is 2. The van der Waals surface area contributed by atoms with E-state index in [0.29, 0.717) is 17.0 Å². The molecule has 0 saturated heterocycles. The van der Waals surface area contributed by atoms with Gasteiger partial charge in [0.25, 0.3) is 0 Å². The summed E-state index contributed by atoms with van der Waals surface area (Å²) in [6, 6.07) is -1.38. The molecule has 0 radical (unpaired) electrons. The van der Waals surface area contributed by atoms with Crippen LogP contribution < -0.4 is 16.7 Å². The minimum atomic E-state index is -1.38. The van der Waals surface area contributed by atoms with Crippen LogP contribution in [-0.2, 0) is 20.8 Å². The monoisotopic (exact) mass is 296 g/mol. The Bertz CT molecular complexity index is 611. The first-order chi connectivity index (χ1) is 9.70. The predicted molar refractivity (Wildman–Crippen MR) is 71.4 cm³/mol. The zero-order valence-corrected chi connectivity index (χ0v) is 11.6. The Morgan fingerprint density at radius 2 is 2.00 bits per heavy atom. The molecular formula is C12H16N4O5. The van der Waals surface area contributed by atoms with E-state index in [1.165, 1.54) is 0 Å². The molecule has 2 amide bonds. The van der Waals surface area contributed by atoms with E-state index in [4.69, 9.17) is 10.8 Å². The van der Waals surface area contributed by atoms with Crippen LogP contribution in [0, 0.1) is 13.8 Å². The molecule has 1 rings (SSSR count). The van der Waals surface area contributed by atoms with Crippen molar-refractivity contribution in [2.75, 3.05) is 0 Å². The van der Waals surface area contributed by atoms with Crippen molar-refractivity contribution in [1.29, 1.82) is 0 Å². The number of H-pyrrole nitrogens is 1. The molecule has 21 heavy (non-hydrogen) atoms. The molecule has 0 unspecified atom stereocenters. The van der Waals surface area contributed by atoms with Gasteiger partial charge in [-0.25, -0.2) is 9.59 Å². The van der Waals surface area contributed by atoms with Gasteiger partial charge in [-0.15, -0.1) is 0 Å². The molecule has 0 aliphatic heterocycles. The number of hydrogen-bond acceptors (Lipinski definition) is 5. The number of amides is 2. The lowest BCUT2D eigenvalue weighted by molar-refractivity contribution is -0.143. The van der Waals surface area contributed by atoms with Crippen LogP contribution in [0.1, 0.15) is 23.4 Å². The Morgan fingerprint density at radius 1 is 1.38 bits per heavy atom. The second kappa shape index (κ2) is 6.64. The van der Waals surface area contributed by atoms with Crippen LogP contribution in [0.5, 0.6) is 0 Å². The van der Waals surface area contributed by atoms with Gasteiger partial charge in [0.2, 0.25) is 11.8 Å². The van der Waals surface area contributed by atoms with Gasteiger partial charge >= 0.3 is 11.7 Å². The number of nitrogens with one attached hydrogen (secondary N) is 2. The molecule has 0 spiro atoms. The highest BCUT2D eigenvalue weighted by atomic mass is 16.4.